The Kier molecular flexibility index (Phi) is 5.69. The summed E-state index contributed by atoms with van der Waals surface area (Å²) in [5, 5.41) is 0.187. The zero-order valence-corrected chi connectivity index (χ0v) is 18.0. The molecule has 1 N–H and O–H groups in total. The Labute approximate surface area is 179 Å². The molecule has 0 bridgehead atoms. The van der Waals surface area contributed by atoms with E-state index in [9.17, 15) is 13.2 Å². The maximum atomic E-state index is 13.0. The van der Waals surface area contributed by atoms with Crippen LogP contribution in [0.3, 0.4) is 0 Å². The standard InChI is InChI=1S/C20H21N5O3S2/c1-15-18(22-20(29-15)23-30(27,28)16-7-3-2-4-8-16)19(26)25-13-11-24(12-14-25)17-9-5-6-10-21-17/h2-10H,11-14H2,1H3,(H,22,23). The number of hydrogen-bond acceptors (Lipinski definition) is 7. The van der Waals surface area contributed by atoms with Crippen LogP contribution in [0.1, 0.15) is 15.4 Å². The highest BCUT2D eigenvalue weighted by molar-refractivity contribution is 7.93. The van der Waals surface area contributed by atoms with Gasteiger partial charge in [0.05, 0.1) is 4.90 Å². The number of piperazine rings is 1. The van der Waals surface area contributed by atoms with E-state index in [-0.39, 0.29) is 21.6 Å². The fraction of sp³-hybridized carbons (Fsp3) is 0.250. The lowest BCUT2D eigenvalue weighted by Gasteiger charge is -2.35. The summed E-state index contributed by atoms with van der Waals surface area (Å²) in [6.07, 6.45) is 1.75. The summed E-state index contributed by atoms with van der Waals surface area (Å²) in [5.74, 6) is 0.710. The van der Waals surface area contributed by atoms with Crippen LogP contribution in [0.2, 0.25) is 0 Å². The SMILES string of the molecule is Cc1sc(NS(=O)(=O)c2ccccc2)nc1C(=O)N1CCN(c2ccccn2)CC1. The fourth-order valence-corrected chi connectivity index (χ4v) is 5.30. The van der Waals surface area contributed by atoms with E-state index in [0.29, 0.717) is 31.1 Å². The summed E-state index contributed by atoms with van der Waals surface area (Å²) in [4.78, 5) is 26.3. The lowest BCUT2D eigenvalue weighted by atomic mass is 10.2. The van der Waals surface area contributed by atoms with E-state index in [0.717, 1.165) is 17.2 Å². The summed E-state index contributed by atoms with van der Waals surface area (Å²) in [6, 6.07) is 13.8. The molecule has 0 saturated carbocycles. The third kappa shape index (κ3) is 4.29. The molecule has 30 heavy (non-hydrogen) atoms. The number of nitrogens with zero attached hydrogens (tertiary/aromatic N) is 4. The van der Waals surface area contributed by atoms with Gasteiger partial charge >= 0.3 is 0 Å². The second-order valence-corrected chi connectivity index (χ2v) is 9.70. The molecule has 10 heteroatoms. The summed E-state index contributed by atoms with van der Waals surface area (Å²) < 4.78 is 27.5. The average Bonchev–Trinajstić information content (AvgIpc) is 3.13. The predicted molar refractivity (Wildman–Crippen MR) is 116 cm³/mol. The molecule has 1 amide bonds. The number of carbonyl (C=O) groups is 1. The van der Waals surface area contributed by atoms with Crippen molar-refractivity contribution in [2.75, 3.05) is 35.8 Å². The van der Waals surface area contributed by atoms with Gasteiger partial charge in [-0.25, -0.2) is 18.4 Å². The normalized spacial score (nSPS) is 14.6. The molecular weight excluding hydrogens is 422 g/mol. The first kappa shape index (κ1) is 20.3. The van der Waals surface area contributed by atoms with Crippen molar-refractivity contribution in [1.29, 1.82) is 0 Å². The first-order chi connectivity index (χ1) is 14.4. The minimum Gasteiger partial charge on any atom is -0.353 e. The lowest BCUT2D eigenvalue weighted by Crippen LogP contribution is -2.49. The molecule has 0 atom stereocenters. The van der Waals surface area contributed by atoms with Crippen molar-refractivity contribution >= 4 is 38.2 Å². The van der Waals surface area contributed by atoms with Crippen LogP contribution in [0.25, 0.3) is 0 Å². The molecule has 3 aromatic rings. The number of nitrogens with one attached hydrogen (secondary N) is 1. The number of thiazole rings is 1. The Morgan fingerprint density at radius 3 is 2.40 bits per heavy atom. The minimum absolute atomic E-state index is 0.149. The molecule has 0 aliphatic carbocycles. The molecule has 0 unspecified atom stereocenters. The smallest absolute Gasteiger partial charge is 0.273 e. The van der Waals surface area contributed by atoms with Crippen molar-refractivity contribution in [1.82, 2.24) is 14.9 Å². The summed E-state index contributed by atoms with van der Waals surface area (Å²) in [5.41, 5.74) is 0.289. The molecule has 4 rings (SSSR count). The number of carbonyl (C=O) groups excluding carboxylic acids is 1. The van der Waals surface area contributed by atoms with Crippen molar-refractivity contribution in [3.8, 4) is 0 Å². The van der Waals surface area contributed by atoms with E-state index in [2.05, 4.69) is 19.6 Å². The van der Waals surface area contributed by atoms with Gasteiger partial charge in [-0.15, -0.1) is 11.3 Å². The van der Waals surface area contributed by atoms with Crippen molar-refractivity contribution < 1.29 is 13.2 Å². The van der Waals surface area contributed by atoms with Crippen molar-refractivity contribution in [2.45, 2.75) is 11.8 Å². The Morgan fingerprint density at radius 2 is 1.73 bits per heavy atom. The number of amides is 1. The van der Waals surface area contributed by atoms with Crippen LogP contribution in [0.15, 0.2) is 59.6 Å². The number of benzene rings is 1. The van der Waals surface area contributed by atoms with Gasteiger partial charge < -0.3 is 9.80 Å². The zero-order valence-electron chi connectivity index (χ0n) is 16.4. The molecule has 0 spiro atoms. The molecule has 2 aromatic heterocycles. The van der Waals surface area contributed by atoms with Gasteiger partial charge in [-0.05, 0) is 31.2 Å². The van der Waals surface area contributed by atoms with E-state index < -0.39 is 10.0 Å². The average molecular weight is 444 g/mol. The first-order valence-electron chi connectivity index (χ1n) is 9.44. The number of aromatic nitrogens is 2. The second kappa shape index (κ2) is 8.41. The van der Waals surface area contributed by atoms with Crippen molar-refractivity contribution in [2.24, 2.45) is 0 Å². The number of rotatable bonds is 5. The van der Waals surface area contributed by atoms with E-state index in [4.69, 9.17) is 0 Å². The van der Waals surface area contributed by atoms with Gasteiger partial charge in [0.1, 0.15) is 11.5 Å². The van der Waals surface area contributed by atoms with Gasteiger partial charge in [0.2, 0.25) is 0 Å². The highest BCUT2D eigenvalue weighted by atomic mass is 32.2. The topological polar surface area (TPSA) is 95.5 Å². The number of hydrogen-bond donors (Lipinski definition) is 1. The monoisotopic (exact) mass is 443 g/mol. The zero-order chi connectivity index (χ0) is 21.1. The molecular formula is C20H21N5O3S2. The molecule has 1 saturated heterocycles. The van der Waals surface area contributed by atoms with Crippen molar-refractivity contribution in [3.05, 3.63) is 65.3 Å². The largest absolute Gasteiger partial charge is 0.353 e. The van der Waals surface area contributed by atoms with Crippen LogP contribution < -0.4 is 9.62 Å². The number of aryl methyl sites for hydroxylation is 1. The molecule has 3 heterocycles. The first-order valence-corrected chi connectivity index (χ1v) is 11.7. The maximum Gasteiger partial charge on any atom is 0.273 e. The highest BCUT2D eigenvalue weighted by Gasteiger charge is 2.27. The number of pyridine rings is 1. The summed E-state index contributed by atoms with van der Waals surface area (Å²) in [7, 11) is -3.75. The van der Waals surface area contributed by atoms with E-state index in [1.165, 1.54) is 12.1 Å². The molecule has 1 aliphatic rings. The van der Waals surface area contributed by atoms with Crippen LogP contribution in [-0.2, 0) is 10.0 Å². The quantitative estimate of drug-likeness (QED) is 0.651. The minimum atomic E-state index is -3.75. The van der Waals surface area contributed by atoms with E-state index >= 15 is 0 Å². The second-order valence-electron chi connectivity index (χ2n) is 6.81. The van der Waals surface area contributed by atoms with Gasteiger partial charge in [-0.1, -0.05) is 24.3 Å². The molecule has 1 fully saturated rings. The number of anilines is 2. The highest BCUT2D eigenvalue weighted by Crippen LogP contribution is 2.26. The third-order valence-corrected chi connectivity index (χ3v) is 7.18. The lowest BCUT2D eigenvalue weighted by molar-refractivity contribution is 0.0741. The maximum absolute atomic E-state index is 13.0. The molecule has 1 aliphatic heterocycles. The Morgan fingerprint density at radius 1 is 1.03 bits per heavy atom. The summed E-state index contributed by atoms with van der Waals surface area (Å²) in [6.45, 7) is 4.24. The van der Waals surface area contributed by atoms with Crippen LogP contribution >= 0.6 is 11.3 Å². The molecule has 8 nitrogen and oxygen atoms in total. The van der Waals surface area contributed by atoms with Gasteiger partial charge in [-0.2, -0.15) is 0 Å². The Balaban J connectivity index is 1.44. The van der Waals surface area contributed by atoms with Crippen molar-refractivity contribution in [3.63, 3.8) is 0 Å². The number of sulfonamides is 1. The summed E-state index contributed by atoms with van der Waals surface area (Å²) >= 11 is 1.16. The predicted octanol–water partition coefficient (Wildman–Crippen LogP) is 2.61. The van der Waals surface area contributed by atoms with E-state index in [1.54, 1.807) is 36.2 Å². The van der Waals surface area contributed by atoms with Gasteiger partial charge in [-0.3, -0.25) is 9.52 Å². The fourth-order valence-electron chi connectivity index (χ4n) is 3.24. The van der Waals surface area contributed by atoms with Gasteiger partial charge in [0.15, 0.2) is 5.13 Å². The Bertz CT molecular complexity index is 1130. The molecule has 1 aromatic carbocycles. The van der Waals surface area contributed by atoms with E-state index in [1.807, 2.05) is 18.2 Å². The van der Waals surface area contributed by atoms with Gasteiger partial charge in [0.25, 0.3) is 15.9 Å². The van der Waals surface area contributed by atoms with Crippen LogP contribution in [0.5, 0.6) is 0 Å². The van der Waals surface area contributed by atoms with Gasteiger partial charge in [0, 0.05) is 37.3 Å². The Hall–Kier alpha value is -2.98. The molecule has 156 valence electrons. The van der Waals surface area contributed by atoms with Crippen LogP contribution in [0.4, 0.5) is 10.9 Å². The third-order valence-electron chi connectivity index (χ3n) is 4.81. The van der Waals surface area contributed by atoms with Crippen LogP contribution in [-0.4, -0.2) is 55.4 Å². The molecule has 0 radical (unpaired) electrons. The van der Waals surface area contributed by atoms with Crippen LogP contribution in [0, 0.1) is 6.92 Å².